The van der Waals surface area contributed by atoms with Crippen LogP contribution in [0.3, 0.4) is 0 Å². The normalized spacial score (nSPS) is 12.4. The van der Waals surface area contributed by atoms with Gasteiger partial charge in [-0.05, 0) is 29.8 Å². The summed E-state index contributed by atoms with van der Waals surface area (Å²) >= 11 is 13.8. The molecule has 0 aliphatic heterocycles. The Balaban J connectivity index is 2.23. The Bertz CT molecular complexity index is 531. The maximum Gasteiger partial charge on any atom is 0.0542 e. The summed E-state index contributed by atoms with van der Waals surface area (Å²) < 4.78 is 0. The summed E-state index contributed by atoms with van der Waals surface area (Å²) in [7, 11) is 0. The molecule has 2 N–H and O–H groups in total. The number of nitrogens with two attached hydrogens (primary N) is 1. The second kappa shape index (κ2) is 6.48. The molecule has 2 aromatic carbocycles. The summed E-state index contributed by atoms with van der Waals surface area (Å²) in [6, 6.07) is 15.6. The minimum absolute atomic E-state index is 0.156. The lowest BCUT2D eigenvalue weighted by Crippen LogP contribution is -2.09. The van der Waals surface area contributed by atoms with Crippen molar-refractivity contribution in [2.24, 2.45) is 5.73 Å². The summed E-state index contributed by atoms with van der Waals surface area (Å²) in [5.74, 6) is 0. The van der Waals surface area contributed by atoms with Crippen molar-refractivity contribution in [3.05, 3.63) is 64.1 Å². The van der Waals surface area contributed by atoms with Crippen LogP contribution < -0.4 is 5.73 Å². The predicted molar refractivity (Wildman–Crippen MR) is 80.6 cm³/mol. The van der Waals surface area contributed by atoms with Gasteiger partial charge in [0.1, 0.15) is 0 Å². The first kappa shape index (κ1) is 13.8. The molecular formula is C14H13Cl2NS. The van der Waals surface area contributed by atoms with E-state index < -0.39 is 0 Å². The molecule has 0 fully saturated rings. The van der Waals surface area contributed by atoms with E-state index in [0.717, 1.165) is 20.5 Å². The third-order valence-electron chi connectivity index (χ3n) is 2.54. The lowest BCUT2D eigenvalue weighted by Gasteiger charge is -2.15. The van der Waals surface area contributed by atoms with E-state index in [1.54, 1.807) is 11.8 Å². The number of halogens is 2. The SMILES string of the molecule is NCC(Sc1ccccc1Cl)c1cccc(Cl)c1. The van der Waals surface area contributed by atoms with Gasteiger partial charge in [0.25, 0.3) is 0 Å². The number of hydrogen-bond donors (Lipinski definition) is 1. The first-order valence-electron chi connectivity index (χ1n) is 5.57. The van der Waals surface area contributed by atoms with Crippen molar-refractivity contribution in [1.29, 1.82) is 0 Å². The van der Waals surface area contributed by atoms with Crippen LogP contribution in [0.2, 0.25) is 10.0 Å². The zero-order valence-corrected chi connectivity index (χ0v) is 12.0. The van der Waals surface area contributed by atoms with Crippen molar-refractivity contribution < 1.29 is 0 Å². The largest absolute Gasteiger partial charge is 0.329 e. The van der Waals surface area contributed by atoms with Gasteiger partial charge in [-0.15, -0.1) is 11.8 Å². The van der Waals surface area contributed by atoms with Gasteiger partial charge in [0.05, 0.1) is 5.02 Å². The van der Waals surface area contributed by atoms with E-state index in [0.29, 0.717) is 6.54 Å². The fourth-order valence-electron chi connectivity index (χ4n) is 1.65. The highest BCUT2D eigenvalue weighted by molar-refractivity contribution is 7.99. The molecule has 1 atom stereocenters. The molecule has 94 valence electrons. The standard InChI is InChI=1S/C14H13Cl2NS/c15-11-5-3-4-10(8-11)14(9-17)18-13-7-2-1-6-12(13)16/h1-8,14H,9,17H2. The third kappa shape index (κ3) is 3.42. The van der Waals surface area contributed by atoms with Crippen molar-refractivity contribution in [3.8, 4) is 0 Å². The molecule has 0 spiro atoms. The molecule has 1 unspecified atom stereocenters. The molecule has 0 aromatic heterocycles. The minimum Gasteiger partial charge on any atom is -0.329 e. The van der Waals surface area contributed by atoms with Crippen molar-refractivity contribution in [2.75, 3.05) is 6.54 Å². The lowest BCUT2D eigenvalue weighted by molar-refractivity contribution is 0.941. The lowest BCUT2D eigenvalue weighted by atomic mass is 10.1. The average molecular weight is 298 g/mol. The Morgan fingerprint density at radius 3 is 2.50 bits per heavy atom. The third-order valence-corrected chi connectivity index (χ3v) is 4.58. The molecule has 0 heterocycles. The maximum absolute atomic E-state index is 6.16. The van der Waals surface area contributed by atoms with Crippen LogP contribution in [-0.4, -0.2) is 6.54 Å². The molecule has 0 saturated heterocycles. The molecule has 0 amide bonds. The van der Waals surface area contributed by atoms with E-state index in [1.807, 2.05) is 48.5 Å². The zero-order chi connectivity index (χ0) is 13.0. The molecule has 0 radical (unpaired) electrons. The van der Waals surface area contributed by atoms with Crippen LogP contribution in [0.15, 0.2) is 53.4 Å². The molecule has 1 nitrogen and oxygen atoms in total. The molecule has 2 rings (SSSR count). The molecule has 0 bridgehead atoms. The number of hydrogen-bond acceptors (Lipinski definition) is 2. The molecule has 0 aliphatic rings. The van der Waals surface area contributed by atoms with Crippen molar-refractivity contribution in [1.82, 2.24) is 0 Å². The summed E-state index contributed by atoms with van der Waals surface area (Å²) in [5.41, 5.74) is 6.97. The maximum atomic E-state index is 6.16. The summed E-state index contributed by atoms with van der Waals surface area (Å²) in [6.07, 6.45) is 0. The van der Waals surface area contributed by atoms with Gasteiger partial charge in [-0.25, -0.2) is 0 Å². The van der Waals surface area contributed by atoms with E-state index in [4.69, 9.17) is 28.9 Å². The molecule has 0 aliphatic carbocycles. The first-order valence-corrected chi connectivity index (χ1v) is 7.21. The second-order valence-electron chi connectivity index (χ2n) is 3.83. The van der Waals surface area contributed by atoms with Gasteiger partial charge in [-0.1, -0.05) is 47.5 Å². The van der Waals surface area contributed by atoms with E-state index in [1.165, 1.54) is 0 Å². The highest BCUT2D eigenvalue weighted by Gasteiger charge is 2.13. The van der Waals surface area contributed by atoms with Crippen molar-refractivity contribution in [2.45, 2.75) is 10.1 Å². The van der Waals surface area contributed by atoms with Crippen LogP contribution in [0, 0.1) is 0 Å². The quantitative estimate of drug-likeness (QED) is 0.822. The molecule has 2 aromatic rings. The van der Waals surface area contributed by atoms with E-state index in [-0.39, 0.29) is 5.25 Å². The molecule has 18 heavy (non-hydrogen) atoms. The van der Waals surface area contributed by atoms with Gasteiger partial charge in [-0.2, -0.15) is 0 Å². The van der Waals surface area contributed by atoms with Crippen LogP contribution >= 0.6 is 35.0 Å². The van der Waals surface area contributed by atoms with Crippen LogP contribution in [0.25, 0.3) is 0 Å². The zero-order valence-electron chi connectivity index (χ0n) is 9.64. The monoisotopic (exact) mass is 297 g/mol. The van der Waals surface area contributed by atoms with Crippen LogP contribution in [-0.2, 0) is 0 Å². The van der Waals surface area contributed by atoms with Gasteiger partial charge in [-0.3, -0.25) is 0 Å². The van der Waals surface area contributed by atoms with E-state index >= 15 is 0 Å². The first-order chi connectivity index (χ1) is 8.70. The smallest absolute Gasteiger partial charge is 0.0542 e. The Morgan fingerprint density at radius 2 is 1.83 bits per heavy atom. The number of thioether (sulfide) groups is 1. The van der Waals surface area contributed by atoms with Crippen molar-refractivity contribution in [3.63, 3.8) is 0 Å². The Labute approximate surface area is 121 Å². The average Bonchev–Trinajstić information content (AvgIpc) is 2.38. The van der Waals surface area contributed by atoms with Crippen LogP contribution in [0.4, 0.5) is 0 Å². The van der Waals surface area contributed by atoms with Gasteiger partial charge in [0.2, 0.25) is 0 Å². The molecule has 4 heteroatoms. The number of rotatable bonds is 4. The van der Waals surface area contributed by atoms with Gasteiger partial charge < -0.3 is 5.73 Å². The Hall–Kier alpha value is -0.670. The van der Waals surface area contributed by atoms with Crippen LogP contribution in [0.1, 0.15) is 10.8 Å². The van der Waals surface area contributed by atoms with E-state index in [9.17, 15) is 0 Å². The van der Waals surface area contributed by atoms with E-state index in [2.05, 4.69) is 0 Å². The van der Waals surface area contributed by atoms with Crippen LogP contribution in [0.5, 0.6) is 0 Å². The summed E-state index contributed by atoms with van der Waals surface area (Å²) in [6.45, 7) is 0.538. The van der Waals surface area contributed by atoms with Gasteiger partial charge in [0.15, 0.2) is 0 Å². The van der Waals surface area contributed by atoms with Gasteiger partial charge in [0, 0.05) is 21.7 Å². The topological polar surface area (TPSA) is 26.0 Å². The molecule has 0 saturated carbocycles. The minimum atomic E-state index is 0.156. The van der Waals surface area contributed by atoms with Gasteiger partial charge >= 0.3 is 0 Å². The number of benzene rings is 2. The molecular weight excluding hydrogens is 285 g/mol. The fraction of sp³-hybridized carbons (Fsp3) is 0.143. The summed E-state index contributed by atoms with van der Waals surface area (Å²) in [4.78, 5) is 1.04. The van der Waals surface area contributed by atoms with Crippen molar-refractivity contribution >= 4 is 35.0 Å². The fourth-order valence-corrected chi connectivity index (χ4v) is 3.14. The highest BCUT2D eigenvalue weighted by Crippen LogP contribution is 2.38. The Morgan fingerprint density at radius 1 is 1.06 bits per heavy atom. The Kier molecular flexibility index (Phi) is 4.95. The second-order valence-corrected chi connectivity index (χ2v) is 5.92. The predicted octanol–water partition coefficient (Wildman–Crippen LogP) is 4.79. The summed E-state index contributed by atoms with van der Waals surface area (Å²) in [5, 5.41) is 1.64. The highest BCUT2D eigenvalue weighted by atomic mass is 35.5.